The number of benzene rings is 1. The molecular formula is C15H19N3OS. The van der Waals surface area contributed by atoms with Gasteiger partial charge >= 0.3 is 0 Å². The first-order chi connectivity index (χ1) is 9.90. The van der Waals surface area contributed by atoms with Gasteiger partial charge in [-0.3, -0.25) is 4.90 Å². The van der Waals surface area contributed by atoms with Gasteiger partial charge in [0.25, 0.3) is 0 Å². The Balaban J connectivity index is 1.51. The molecule has 0 spiro atoms. The molecule has 5 heteroatoms. The fraction of sp³-hybridized carbons (Fsp3) is 0.400. The number of thiazole rings is 1. The number of hydrogen-bond acceptors (Lipinski definition) is 5. The molecule has 4 nitrogen and oxygen atoms in total. The molecule has 1 aliphatic rings. The second-order valence-electron chi connectivity index (χ2n) is 4.86. The van der Waals surface area contributed by atoms with E-state index in [4.69, 9.17) is 4.74 Å². The van der Waals surface area contributed by atoms with Gasteiger partial charge in [0.2, 0.25) is 0 Å². The van der Waals surface area contributed by atoms with Crippen molar-refractivity contribution in [3.8, 4) is 0 Å². The Morgan fingerprint density at radius 2 is 2.00 bits per heavy atom. The van der Waals surface area contributed by atoms with Crippen LogP contribution in [0.5, 0.6) is 0 Å². The molecular weight excluding hydrogens is 270 g/mol. The lowest BCUT2D eigenvalue weighted by atomic mass is 10.2. The molecule has 106 valence electrons. The Morgan fingerprint density at radius 1 is 1.20 bits per heavy atom. The van der Waals surface area contributed by atoms with E-state index < -0.39 is 0 Å². The third-order valence-corrected chi connectivity index (χ3v) is 4.17. The van der Waals surface area contributed by atoms with Crippen LogP contribution in [-0.4, -0.2) is 36.2 Å². The van der Waals surface area contributed by atoms with Crippen molar-refractivity contribution in [1.82, 2.24) is 9.88 Å². The van der Waals surface area contributed by atoms with E-state index in [0.29, 0.717) is 0 Å². The molecule has 3 rings (SSSR count). The maximum Gasteiger partial charge on any atom is 0.112 e. The minimum Gasteiger partial charge on any atom is -0.379 e. The summed E-state index contributed by atoms with van der Waals surface area (Å²) in [5.74, 6) is 0. The van der Waals surface area contributed by atoms with Gasteiger partial charge in [0.1, 0.15) is 5.01 Å². The zero-order valence-electron chi connectivity index (χ0n) is 11.4. The molecule has 0 saturated carbocycles. The van der Waals surface area contributed by atoms with E-state index in [1.54, 1.807) is 11.3 Å². The normalized spacial score (nSPS) is 16.2. The van der Waals surface area contributed by atoms with Gasteiger partial charge in [0, 0.05) is 36.9 Å². The number of hydrogen-bond donors (Lipinski definition) is 1. The van der Waals surface area contributed by atoms with Gasteiger partial charge in [-0.25, -0.2) is 4.98 Å². The average Bonchev–Trinajstić information content (AvgIpc) is 3.01. The van der Waals surface area contributed by atoms with Gasteiger partial charge in [-0.2, -0.15) is 0 Å². The first-order valence-electron chi connectivity index (χ1n) is 6.91. The van der Waals surface area contributed by atoms with Crippen molar-refractivity contribution in [2.45, 2.75) is 13.1 Å². The number of aromatic nitrogens is 1. The zero-order chi connectivity index (χ0) is 13.6. The summed E-state index contributed by atoms with van der Waals surface area (Å²) in [5.41, 5.74) is 2.50. The van der Waals surface area contributed by atoms with Crippen molar-refractivity contribution in [2.75, 3.05) is 31.6 Å². The summed E-state index contributed by atoms with van der Waals surface area (Å²) in [6.07, 6.45) is 1.84. The van der Waals surface area contributed by atoms with E-state index >= 15 is 0 Å². The molecule has 0 aliphatic carbocycles. The van der Waals surface area contributed by atoms with Crippen molar-refractivity contribution in [1.29, 1.82) is 0 Å². The first-order valence-corrected chi connectivity index (χ1v) is 7.79. The predicted octanol–water partition coefficient (Wildman–Crippen LogP) is 2.59. The van der Waals surface area contributed by atoms with Crippen molar-refractivity contribution in [3.63, 3.8) is 0 Å². The van der Waals surface area contributed by atoms with Gasteiger partial charge < -0.3 is 10.1 Å². The standard InChI is InChI=1S/C15H19N3OS/c1-3-14(17-11-15-16-5-10-20-15)4-2-13(1)12-18-6-8-19-9-7-18/h1-5,10,17H,6-9,11-12H2. The summed E-state index contributed by atoms with van der Waals surface area (Å²) in [5, 5.41) is 6.51. The molecule has 1 aromatic carbocycles. The minimum absolute atomic E-state index is 0.792. The Kier molecular flexibility index (Phi) is 4.63. The van der Waals surface area contributed by atoms with Crippen LogP contribution in [0.25, 0.3) is 0 Å². The molecule has 0 amide bonds. The Bertz CT molecular complexity index is 506. The van der Waals surface area contributed by atoms with E-state index in [9.17, 15) is 0 Å². The van der Waals surface area contributed by atoms with E-state index in [0.717, 1.165) is 50.1 Å². The number of rotatable bonds is 5. The molecule has 0 atom stereocenters. The summed E-state index contributed by atoms with van der Waals surface area (Å²) in [4.78, 5) is 6.70. The van der Waals surface area contributed by atoms with Gasteiger partial charge in [-0.15, -0.1) is 11.3 Å². The van der Waals surface area contributed by atoms with E-state index in [1.165, 1.54) is 5.56 Å². The van der Waals surface area contributed by atoms with Crippen LogP contribution < -0.4 is 5.32 Å². The van der Waals surface area contributed by atoms with Crippen LogP contribution in [0.3, 0.4) is 0 Å². The number of ether oxygens (including phenoxy) is 1. The highest BCUT2D eigenvalue weighted by Crippen LogP contribution is 2.14. The molecule has 1 N–H and O–H groups in total. The molecule has 1 fully saturated rings. The third-order valence-electron chi connectivity index (χ3n) is 3.39. The fourth-order valence-electron chi connectivity index (χ4n) is 2.26. The number of nitrogens with zero attached hydrogens (tertiary/aromatic N) is 2. The zero-order valence-corrected chi connectivity index (χ0v) is 12.2. The summed E-state index contributed by atoms with van der Waals surface area (Å²) < 4.78 is 5.37. The van der Waals surface area contributed by atoms with Crippen LogP contribution in [0.2, 0.25) is 0 Å². The number of nitrogens with one attached hydrogen (secondary N) is 1. The van der Waals surface area contributed by atoms with Crippen LogP contribution in [-0.2, 0) is 17.8 Å². The van der Waals surface area contributed by atoms with Gasteiger partial charge in [-0.1, -0.05) is 12.1 Å². The minimum atomic E-state index is 0.792. The quantitative estimate of drug-likeness (QED) is 0.918. The highest BCUT2D eigenvalue weighted by molar-refractivity contribution is 7.09. The van der Waals surface area contributed by atoms with Crippen molar-refractivity contribution < 1.29 is 4.74 Å². The second-order valence-corrected chi connectivity index (χ2v) is 5.84. The number of morpholine rings is 1. The fourth-order valence-corrected chi connectivity index (χ4v) is 2.82. The van der Waals surface area contributed by atoms with Crippen molar-refractivity contribution in [2.24, 2.45) is 0 Å². The van der Waals surface area contributed by atoms with Crippen molar-refractivity contribution >= 4 is 17.0 Å². The maximum absolute atomic E-state index is 5.37. The highest BCUT2D eigenvalue weighted by atomic mass is 32.1. The molecule has 2 heterocycles. The molecule has 0 bridgehead atoms. The molecule has 0 unspecified atom stereocenters. The SMILES string of the molecule is c1csc(CNc2ccc(CN3CCOCC3)cc2)n1. The maximum atomic E-state index is 5.37. The van der Waals surface area contributed by atoms with E-state index in [2.05, 4.69) is 39.5 Å². The molecule has 0 radical (unpaired) electrons. The van der Waals surface area contributed by atoms with Gasteiger partial charge in [-0.05, 0) is 17.7 Å². The molecule has 2 aromatic rings. The van der Waals surface area contributed by atoms with Gasteiger partial charge in [0.05, 0.1) is 19.8 Å². The summed E-state index contributed by atoms with van der Waals surface area (Å²) in [6, 6.07) is 8.67. The van der Waals surface area contributed by atoms with Crippen LogP contribution in [0.4, 0.5) is 5.69 Å². The Morgan fingerprint density at radius 3 is 2.70 bits per heavy atom. The first kappa shape index (κ1) is 13.5. The Hall–Kier alpha value is -1.43. The summed E-state index contributed by atoms with van der Waals surface area (Å²) in [6.45, 7) is 5.58. The molecule has 20 heavy (non-hydrogen) atoms. The summed E-state index contributed by atoms with van der Waals surface area (Å²) >= 11 is 1.68. The van der Waals surface area contributed by atoms with Crippen LogP contribution in [0.15, 0.2) is 35.8 Å². The molecule has 1 aromatic heterocycles. The lowest BCUT2D eigenvalue weighted by molar-refractivity contribution is 0.0342. The largest absolute Gasteiger partial charge is 0.379 e. The lowest BCUT2D eigenvalue weighted by Crippen LogP contribution is -2.35. The van der Waals surface area contributed by atoms with E-state index in [1.807, 2.05) is 11.6 Å². The van der Waals surface area contributed by atoms with Gasteiger partial charge in [0.15, 0.2) is 0 Å². The smallest absolute Gasteiger partial charge is 0.112 e. The second kappa shape index (κ2) is 6.83. The topological polar surface area (TPSA) is 37.4 Å². The monoisotopic (exact) mass is 289 g/mol. The van der Waals surface area contributed by atoms with Crippen LogP contribution >= 0.6 is 11.3 Å². The van der Waals surface area contributed by atoms with E-state index in [-0.39, 0.29) is 0 Å². The van der Waals surface area contributed by atoms with Crippen LogP contribution in [0, 0.1) is 0 Å². The number of anilines is 1. The van der Waals surface area contributed by atoms with Crippen molar-refractivity contribution in [3.05, 3.63) is 46.4 Å². The lowest BCUT2D eigenvalue weighted by Gasteiger charge is -2.26. The molecule has 1 saturated heterocycles. The van der Waals surface area contributed by atoms with Crippen LogP contribution in [0.1, 0.15) is 10.6 Å². The summed E-state index contributed by atoms with van der Waals surface area (Å²) in [7, 11) is 0. The third kappa shape index (κ3) is 3.79. The average molecular weight is 289 g/mol. The molecule has 1 aliphatic heterocycles. The predicted molar refractivity (Wildman–Crippen MR) is 82.0 cm³/mol. The highest BCUT2D eigenvalue weighted by Gasteiger charge is 2.10. The Labute approximate surface area is 123 Å².